The number of piperazine rings is 1. The minimum absolute atomic E-state index is 0.0779. The lowest BCUT2D eigenvalue weighted by Gasteiger charge is -2.35. The molecule has 0 spiro atoms. The quantitative estimate of drug-likeness (QED) is 0.784. The fourth-order valence-electron chi connectivity index (χ4n) is 3.45. The molecule has 1 aliphatic heterocycles. The first-order valence-corrected chi connectivity index (χ1v) is 10.1. The molecule has 0 bridgehead atoms. The van der Waals surface area contributed by atoms with Gasteiger partial charge in [-0.15, -0.1) is 0 Å². The zero-order valence-electron chi connectivity index (χ0n) is 17.2. The molecule has 2 heterocycles. The number of halogens is 3. The van der Waals surface area contributed by atoms with E-state index in [9.17, 15) is 22.8 Å². The highest BCUT2D eigenvalue weighted by Gasteiger charge is 2.35. The molecule has 1 N–H and O–H groups in total. The van der Waals surface area contributed by atoms with Gasteiger partial charge in [-0.05, 0) is 31.0 Å². The molecule has 0 radical (unpaired) electrons. The molecular weight excluding hydrogens is 409 g/mol. The van der Waals surface area contributed by atoms with E-state index in [2.05, 4.69) is 10.3 Å². The number of benzene rings is 1. The summed E-state index contributed by atoms with van der Waals surface area (Å²) in [7, 11) is 0. The molecule has 0 aliphatic carbocycles. The number of rotatable bonds is 5. The minimum atomic E-state index is -4.53. The molecule has 1 aromatic carbocycles. The van der Waals surface area contributed by atoms with Crippen molar-refractivity contribution < 1.29 is 22.8 Å². The molecule has 3 amide bonds. The number of aryl methyl sites for hydroxylation is 1. The van der Waals surface area contributed by atoms with E-state index in [0.29, 0.717) is 6.42 Å². The smallest absolute Gasteiger partial charge is 0.339 e. The van der Waals surface area contributed by atoms with Crippen molar-refractivity contribution >= 4 is 11.9 Å². The lowest BCUT2D eigenvalue weighted by Crippen LogP contribution is -2.54. The van der Waals surface area contributed by atoms with E-state index in [1.165, 1.54) is 4.90 Å². The summed E-state index contributed by atoms with van der Waals surface area (Å²) in [6, 6.07) is 12.8. The summed E-state index contributed by atoms with van der Waals surface area (Å²) in [6.45, 7) is 2.51. The second kappa shape index (κ2) is 9.80. The van der Waals surface area contributed by atoms with E-state index >= 15 is 0 Å². The molecule has 1 saturated heterocycles. The summed E-state index contributed by atoms with van der Waals surface area (Å²) in [4.78, 5) is 31.6. The largest absolute Gasteiger partial charge is 0.397 e. The molecule has 166 valence electrons. The highest BCUT2D eigenvalue weighted by atomic mass is 19.4. The van der Waals surface area contributed by atoms with Gasteiger partial charge >= 0.3 is 12.2 Å². The standard InChI is InChI=1S/C22H25F3N4O2/c1-16-5-7-17(8-6-16)14-19(18-4-2-3-9-26-18)27-21(31)29-12-10-28(11-13-29)20(30)15-22(23,24)25/h2-9,19H,10-15H2,1H3,(H,27,31). The van der Waals surface area contributed by atoms with Gasteiger partial charge in [-0.3, -0.25) is 9.78 Å². The van der Waals surface area contributed by atoms with Crippen LogP contribution in [0.15, 0.2) is 48.7 Å². The van der Waals surface area contributed by atoms with Gasteiger partial charge < -0.3 is 15.1 Å². The number of aromatic nitrogens is 1. The van der Waals surface area contributed by atoms with E-state index in [-0.39, 0.29) is 38.3 Å². The maximum atomic E-state index is 12.8. The van der Waals surface area contributed by atoms with Gasteiger partial charge in [0.1, 0.15) is 6.42 Å². The van der Waals surface area contributed by atoms with Crippen LogP contribution >= 0.6 is 0 Å². The van der Waals surface area contributed by atoms with Crippen LogP contribution in [0, 0.1) is 6.92 Å². The van der Waals surface area contributed by atoms with Crippen molar-refractivity contribution in [3.05, 3.63) is 65.5 Å². The third-order valence-electron chi connectivity index (χ3n) is 5.17. The Hall–Kier alpha value is -3.10. The number of hydrogen-bond donors (Lipinski definition) is 1. The van der Waals surface area contributed by atoms with Crippen LogP contribution in [0.5, 0.6) is 0 Å². The highest BCUT2D eigenvalue weighted by molar-refractivity contribution is 5.78. The summed E-state index contributed by atoms with van der Waals surface area (Å²) < 4.78 is 37.3. The van der Waals surface area contributed by atoms with E-state index in [1.807, 2.05) is 43.3 Å². The minimum Gasteiger partial charge on any atom is -0.339 e. The first-order valence-electron chi connectivity index (χ1n) is 10.1. The molecular formula is C22H25F3N4O2. The van der Waals surface area contributed by atoms with Crippen molar-refractivity contribution in [1.29, 1.82) is 0 Å². The molecule has 1 aromatic heterocycles. The zero-order valence-corrected chi connectivity index (χ0v) is 17.2. The number of urea groups is 1. The predicted molar refractivity (Wildman–Crippen MR) is 109 cm³/mol. The number of alkyl halides is 3. The van der Waals surface area contributed by atoms with Crippen LogP contribution in [0.3, 0.4) is 0 Å². The Kier molecular flexibility index (Phi) is 7.14. The second-order valence-corrected chi connectivity index (χ2v) is 7.61. The molecule has 9 heteroatoms. The third kappa shape index (κ3) is 6.70. The van der Waals surface area contributed by atoms with Gasteiger partial charge in [0.15, 0.2) is 0 Å². The van der Waals surface area contributed by atoms with Crippen LogP contribution < -0.4 is 5.32 Å². The van der Waals surface area contributed by atoms with Gasteiger partial charge in [0.05, 0.1) is 11.7 Å². The van der Waals surface area contributed by atoms with Crippen molar-refractivity contribution in [3.63, 3.8) is 0 Å². The van der Waals surface area contributed by atoms with Gasteiger partial charge in [-0.2, -0.15) is 13.2 Å². The Morgan fingerprint density at radius 3 is 2.26 bits per heavy atom. The average molecular weight is 434 g/mol. The fraction of sp³-hybridized carbons (Fsp3) is 0.409. The van der Waals surface area contributed by atoms with Gasteiger partial charge in [0, 0.05) is 32.4 Å². The van der Waals surface area contributed by atoms with Crippen molar-refractivity contribution in [2.45, 2.75) is 32.0 Å². The molecule has 0 saturated carbocycles. The highest BCUT2D eigenvalue weighted by Crippen LogP contribution is 2.22. The van der Waals surface area contributed by atoms with Crippen LogP contribution in [-0.2, 0) is 11.2 Å². The summed E-state index contributed by atoms with van der Waals surface area (Å²) in [6.07, 6.45) is -3.79. The first kappa shape index (κ1) is 22.6. The molecule has 2 aromatic rings. The lowest BCUT2D eigenvalue weighted by molar-refractivity contribution is -0.162. The van der Waals surface area contributed by atoms with E-state index in [4.69, 9.17) is 0 Å². The Morgan fingerprint density at radius 2 is 1.68 bits per heavy atom. The van der Waals surface area contributed by atoms with Crippen molar-refractivity contribution in [3.8, 4) is 0 Å². The third-order valence-corrected chi connectivity index (χ3v) is 5.17. The van der Waals surface area contributed by atoms with Crippen LogP contribution in [-0.4, -0.2) is 59.1 Å². The lowest BCUT2D eigenvalue weighted by atomic mass is 10.0. The maximum Gasteiger partial charge on any atom is 0.397 e. The molecule has 31 heavy (non-hydrogen) atoms. The Bertz CT molecular complexity index is 880. The molecule has 1 unspecified atom stereocenters. The SMILES string of the molecule is Cc1ccc(CC(NC(=O)N2CCN(C(=O)CC(F)(F)F)CC2)c2ccccn2)cc1. The van der Waals surface area contributed by atoms with E-state index in [0.717, 1.165) is 21.7 Å². The van der Waals surface area contributed by atoms with Crippen LogP contribution in [0.25, 0.3) is 0 Å². The zero-order chi connectivity index (χ0) is 22.4. The molecule has 1 fully saturated rings. The summed E-state index contributed by atoms with van der Waals surface area (Å²) in [5.41, 5.74) is 2.90. The molecule has 3 rings (SSSR count). The number of nitrogens with zero attached hydrogens (tertiary/aromatic N) is 3. The Labute approximate surface area is 179 Å². The predicted octanol–water partition coefficient (Wildman–Crippen LogP) is 3.48. The van der Waals surface area contributed by atoms with Crippen LogP contribution in [0.4, 0.5) is 18.0 Å². The van der Waals surface area contributed by atoms with Gasteiger partial charge in [0.2, 0.25) is 5.91 Å². The van der Waals surface area contributed by atoms with Gasteiger partial charge in [-0.1, -0.05) is 35.9 Å². The van der Waals surface area contributed by atoms with Gasteiger partial charge in [0.25, 0.3) is 0 Å². The van der Waals surface area contributed by atoms with E-state index < -0.39 is 18.5 Å². The summed E-state index contributed by atoms with van der Waals surface area (Å²) in [5.74, 6) is -0.960. The Balaban J connectivity index is 1.62. The monoisotopic (exact) mass is 434 g/mol. The maximum absolute atomic E-state index is 12.8. The number of amides is 3. The number of carbonyl (C=O) groups excluding carboxylic acids is 2. The van der Waals surface area contributed by atoms with Crippen molar-refractivity contribution in [2.24, 2.45) is 0 Å². The van der Waals surface area contributed by atoms with Crippen LogP contribution in [0.1, 0.15) is 29.3 Å². The topological polar surface area (TPSA) is 65.5 Å². The van der Waals surface area contributed by atoms with Crippen molar-refractivity contribution in [2.75, 3.05) is 26.2 Å². The number of pyridine rings is 1. The summed E-state index contributed by atoms with van der Waals surface area (Å²) in [5, 5.41) is 2.99. The molecule has 1 aliphatic rings. The normalized spacial score (nSPS) is 15.5. The van der Waals surface area contributed by atoms with E-state index in [1.54, 1.807) is 12.3 Å². The number of carbonyl (C=O) groups is 2. The summed E-state index contributed by atoms with van der Waals surface area (Å²) >= 11 is 0. The van der Waals surface area contributed by atoms with Crippen LogP contribution in [0.2, 0.25) is 0 Å². The number of hydrogen-bond acceptors (Lipinski definition) is 3. The molecule has 1 atom stereocenters. The van der Waals surface area contributed by atoms with Gasteiger partial charge in [-0.25, -0.2) is 4.79 Å². The fourth-order valence-corrected chi connectivity index (χ4v) is 3.45. The molecule has 6 nitrogen and oxygen atoms in total. The first-order chi connectivity index (χ1) is 14.7. The second-order valence-electron chi connectivity index (χ2n) is 7.61. The Morgan fingerprint density at radius 1 is 1.03 bits per heavy atom. The van der Waals surface area contributed by atoms with Crippen molar-refractivity contribution in [1.82, 2.24) is 20.1 Å². The average Bonchev–Trinajstić information content (AvgIpc) is 2.74. The number of nitrogens with one attached hydrogen (secondary N) is 1.